The standard InChI is InChI=1S/C11H13N3O6/c1-12(2)9-4-3-8(14(19)20)5-7(9)6-13(10(15)16)11(17)18/h3-5H,6H2,1-2H3,(H,15,16)(H,17,18). The molecule has 0 saturated carbocycles. The molecule has 1 aromatic rings. The molecule has 0 atom stereocenters. The Morgan fingerprint density at radius 2 is 1.80 bits per heavy atom. The smallest absolute Gasteiger partial charge is 0.417 e. The van der Waals surface area contributed by atoms with E-state index in [1.165, 1.54) is 12.1 Å². The Morgan fingerprint density at radius 1 is 1.25 bits per heavy atom. The molecule has 0 fully saturated rings. The van der Waals surface area contributed by atoms with E-state index in [0.717, 1.165) is 6.07 Å². The molecular weight excluding hydrogens is 270 g/mol. The van der Waals surface area contributed by atoms with Gasteiger partial charge in [-0.2, -0.15) is 0 Å². The van der Waals surface area contributed by atoms with Gasteiger partial charge in [0.2, 0.25) is 0 Å². The van der Waals surface area contributed by atoms with Crippen molar-refractivity contribution in [2.75, 3.05) is 19.0 Å². The monoisotopic (exact) mass is 283 g/mol. The van der Waals surface area contributed by atoms with Crippen LogP contribution in [0.2, 0.25) is 0 Å². The zero-order valence-corrected chi connectivity index (χ0v) is 10.8. The maximum atomic E-state index is 10.8. The predicted octanol–water partition coefficient (Wildman–Crippen LogP) is 1.82. The fourth-order valence-corrected chi connectivity index (χ4v) is 1.64. The first-order valence-electron chi connectivity index (χ1n) is 5.42. The molecule has 0 radical (unpaired) electrons. The topological polar surface area (TPSA) is 124 Å². The largest absolute Gasteiger partial charge is 0.465 e. The number of benzene rings is 1. The Hall–Kier alpha value is -2.84. The molecule has 0 aliphatic rings. The summed E-state index contributed by atoms with van der Waals surface area (Å²) >= 11 is 0. The lowest BCUT2D eigenvalue weighted by Gasteiger charge is -2.20. The molecule has 9 nitrogen and oxygen atoms in total. The van der Waals surface area contributed by atoms with Gasteiger partial charge in [-0.25, -0.2) is 14.5 Å². The van der Waals surface area contributed by atoms with E-state index in [1.807, 2.05) is 0 Å². The number of nitro groups is 1. The molecule has 1 aromatic carbocycles. The van der Waals surface area contributed by atoms with Crippen molar-refractivity contribution in [3.05, 3.63) is 33.9 Å². The second-order valence-electron chi connectivity index (χ2n) is 4.12. The number of nitro benzene ring substituents is 1. The normalized spacial score (nSPS) is 9.90. The Kier molecular flexibility index (Phi) is 4.46. The van der Waals surface area contributed by atoms with Crippen molar-refractivity contribution in [1.82, 2.24) is 4.90 Å². The molecule has 0 heterocycles. The first-order chi connectivity index (χ1) is 9.23. The second kappa shape index (κ2) is 5.87. The number of carboxylic acid groups (broad SMARTS) is 2. The summed E-state index contributed by atoms with van der Waals surface area (Å²) in [6.45, 7) is -0.486. The third-order valence-corrected chi connectivity index (χ3v) is 2.55. The van der Waals surface area contributed by atoms with Crippen LogP contribution in [0.1, 0.15) is 5.56 Å². The number of non-ortho nitro benzene ring substituents is 1. The number of anilines is 1. The maximum absolute atomic E-state index is 10.8. The molecule has 0 unspecified atom stereocenters. The van der Waals surface area contributed by atoms with E-state index >= 15 is 0 Å². The SMILES string of the molecule is CN(C)c1ccc([N+](=O)[O-])cc1CN(C(=O)O)C(=O)O. The average molecular weight is 283 g/mol. The van der Waals surface area contributed by atoms with Crippen LogP contribution in [0.3, 0.4) is 0 Å². The van der Waals surface area contributed by atoms with Gasteiger partial charge in [0.15, 0.2) is 0 Å². The Balaban J connectivity index is 3.25. The first-order valence-corrected chi connectivity index (χ1v) is 5.42. The highest BCUT2D eigenvalue weighted by atomic mass is 16.6. The van der Waals surface area contributed by atoms with E-state index in [2.05, 4.69) is 0 Å². The number of hydrogen-bond donors (Lipinski definition) is 2. The van der Waals surface area contributed by atoms with Crippen molar-refractivity contribution < 1.29 is 24.7 Å². The molecule has 0 saturated heterocycles. The van der Waals surface area contributed by atoms with Gasteiger partial charge < -0.3 is 15.1 Å². The van der Waals surface area contributed by atoms with Gasteiger partial charge >= 0.3 is 12.2 Å². The Morgan fingerprint density at radius 3 is 2.20 bits per heavy atom. The number of rotatable bonds is 4. The molecule has 9 heteroatoms. The molecule has 0 aromatic heterocycles. The summed E-state index contributed by atoms with van der Waals surface area (Å²) < 4.78 is 0. The van der Waals surface area contributed by atoms with Crippen LogP contribution in [0.4, 0.5) is 21.0 Å². The van der Waals surface area contributed by atoms with Crippen LogP contribution in [0.5, 0.6) is 0 Å². The van der Waals surface area contributed by atoms with Crippen molar-refractivity contribution in [2.24, 2.45) is 0 Å². The van der Waals surface area contributed by atoms with E-state index in [-0.39, 0.29) is 16.2 Å². The molecule has 0 spiro atoms. The van der Waals surface area contributed by atoms with Crippen molar-refractivity contribution in [1.29, 1.82) is 0 Å². The fraction of sp³-hybridized carbons (Fsp3) is 0.273. The van der Waals surface area contributed by atoms with E-state index < -0.39 is 23.7 Å². The minimum atomic E-state index is -1.64. The highest BCUT2D eigenvalue weighted by Gasteiger charge is 2.23. The zero-order chi connectivity index (χ0) is 15.4. The van der Waals surface area contributed by atoms with Crippen molar-refractivity contribution in [2.45, 2.75) is 6.54 Å². The van der Waals surface area contributed by atoms with Gasteiger partial charge in [-0.3, -0.25) is 10.1 Å². The van der Waals surface area contributed by atoms with Crippen LogP contribution in [0.25, 0.3) is 0 Å². The van der Waals surface area contributed by atoms with Crippen molar-refractivity contribution in [3.8, 4) is 0 Å². The van der Waals surface area contributed by atoms with E-state index in [0.29, 0.717) is 5.69 Å². The Labute approximate surface area is 113 Å². The van der Waals surface area contributed by atoms with Crippen molar-refractivity contribution >= 4 is 23.6 Å². The molecular formula is C11H13N3O6. The van der Waals surface area contributed by atoms with E-state index in [1.54, 1.807) is 19.0 Å². The van der Waals surface area contributed by atoms with Gasteiger partial charge in [0, 0.05) is 37.5 Å². The number of imide groups is 1. The van der Waals surface area contributed by atoms with Gasteiger partial charge in [-0.1, -0.05) is 0 Å². The molecule has 2 amide bonds. The molecule has 0 bridgehead atoms. The summed E-state index contributed by atoms with van der Waals surface area (Å²) in [5.41, 5.74) is 0.499. The summed E-state index contributed by atoms with van der Waals surface area (Å²) in [5.74, 6) is 0. The molecule has 1 rings (SSSR count). The number of nitrogens with zero attached hydrogens (tertiary/aromatic N) is 3. The van der Waals surface area contributed by atoms with Crippen LogP contribution in [-0.2, 0) is 6.54 Å². The number of carbonyl (C=O) groups is 2. The lowest BCUT2D eigenvalue weighted by atomic mass is 10.1. The minimum absolute atomic E-state index is 0.159. The highest BCUT2D eigenvalue weighted by molar-refractivity contribution is 5.85. The summed E-state index contributed by atoms with van der Waals surface area (Å²) in [6, 6.07) is 3.87. The lowest BCUT2D eigenvalue weighted by Crippen LogP contribution is -2.34. The van der Waals surface area contributed by atoms with Gasteiger partial charge in [0.25, 0.3) is 5.69 Å². The van der Waals surface area contributed by atoms with Crippen LogP contribution >= 0.6 is 0 Å². The fourth-order valence-electron chi connectivity index (χ4n) is 1.64. The van der Waals surface area contributed by atoms with Crippen LogP contribution < -0.4 is 4.90 Å². The third-order valence-electron chi connectivity index (χ3n) is 2.55. The average Bonchev–Trinajstić information content (AvgIpc) is 2.34. The molecule has 2 N–H and O–H groups in total. The Bertz CT molecular complexity index is 543. The zero-order valence-electron chi connectivity index (χ0n) is 10.8. The highest BCUT2D eigenvalue weighted by Crippen LogP contribution is 2.25. The third kappa shape index (κ3) is 3.34. The van der Waals surface area contributed by atoms with Gasteiger partial charge in [-0.15, -0.1) is 0 Å². The number of hydrogen-bond acceptors (Lipinski definition) is 5. The van der Waals surface area contributed by atoms with Crippen LogP contribution in [0, 0.1) is 10.1 Å². The van der Waals surface area contributed by atoms with Crippen molar-refractivity contribution in [3.63, 3.8) is 0 Å². The quantitative estimate of drug-likeness (QED) is 0.637. The molecule has 0 aliphatic carbocycles. The number of amides is 2. The van der Waals surface area contributed by atoms with Crippen LogP contribution in [-0.4, -0.2) is 46.3 Å². The summed E-state index contributed by atoms with van der Waals surface area (Å²) in [7, 11) is 3.33. The molecule has 108 valence electrons. The van der Waals surface area contributed by atoms with Gasteiger partial charge in [0.05, 0.1) is 11.5 Å². The van der Waals surface area contributed by atoms with Gasteiger partial charge in [0.1, 0.15) is 0 Å². The molecule has 0 aliphatic heterocycles. The minimum Gasteiger partial charge on any atom is -0.465 e. The summed E-state index contributed by atoms with van der Waals surface area (Å²) in [5, 5.41) is 28.4. The van der Waals surface area contributed by atoms with Crippen LogP contribution in [0.15, 0.2) is 18.2 Å². The van der Waals surface area contributed by atoms with E-state index in [4.69, 9.17) is 10.2 Å². The maximum Gasteiger partial charge on any atom is 0.417 e. The van der Waals surface area contributed by atoms with E-state index in [9.17, 15) is 19.7 Å². The lowest BCUT2D eigenvalue weighted by molar-refractivity contribution is -0.384. The summed E-state index contributed by atoms with van der Waals surface area (Å²) in [4.78, 5) is 33.6. The molecule has 20 heavy (non-hydrogen) atoms. The summed E-state index contributed by atoms with van der Waals surface area (Å²) in [6.07, 6.45) is -3.29. The van der Waals surface area contributed by atoms with Gasteiger partial charge in [-0.05, 0) is 6.07 Å². The predicted molar refractivity (Wildman–Crippen MR) is 69.0 cm³/mol. The first kappa shape index (κ1) is 15.2. The second-order valence-corrected chi connectivity index (χ2v) is 4.12.